The second-order valence-electron chi connectivity index (χ2n) is 4.88. The topological polar surface area (TPSA) is 41.1 Å². The SMILES string of the molecule is CC1CNCC1NC(=O)c1cccc(C(F)(F)F)c1F. The van der Waals surface area contributed by atoms with E-state index in [1.54, 1.807) is 0 Å². The Balaban J connectivity index is 2.22. The van der Waals surface area contributed by atoms with Crippen LogP contribution in [0.5, 0.6) is 0 Å². The summed E-state index contributed by atoms with van der Waals surface area (Å²) in [7, 11) is 0. The van der Waals surface area contributed by atoms with Gasteiger partial charge in [-0.1, -0.05) is 13.0 Å². The van der Waals surface area contributed by atoms with Crippen molar-refractivity contribution >= 4 is 5.91 Å². The molecule has 1 fully saturated rings. The fraction of sp³-hybridized carbons (Fsp3) is 0.462. The van der Waals surface area contributed by atoms with Gasteiger partial charge in [-0.15, -0.1) is 0 Å². The molecule has 2 N–H and O–H groups in total. The lowest BCUT2D eigenvalue weighted by atomic mass is 10.0. The summed E-state index contributed by atoms with van der Waals surface area (Å²) in [5.41, 5.74) is -2.01. The molecule has 2 atom stereocenters. The molecular weight excluding hydrogens is 276 g/mol. The van der Waals surface area contributed by atoms with Crippen LogP contribution in [-0.2, 0) is 6.18 Å². The van der Waals surface area contributed by atoms with Crippen LogP contribution >= 0.6 is 0 Å². The van der Waals surface area contributed by atoms with Crippen LogP contribution in [0, 0.1) is 11.7 Å². The van der Waals surface area contributed by atoms with Crippen molar-refractivity contribution in [2.45, 2.75) is 19.1 Å². The van der Waals surface area contributed by atoms with Gasteiger partial charge in [-0.2, -0.15) is 13.2 Å². The summed E-state index contributed by atoms with van der Waals surface area (Å²) in [6.45, 7) is 3.12. The maximum atomic E-state index is 13.8. The van der Waals surface area contributed by atoms with E-state index >= 15 is 0 Å². The third-order valence-corrected chi connectivity index (χ3v) is 3.38. The molecule has 0 aliphatic carbocycles. The Morgan fingerprint density at radius 3 is 2.60 bits per heavy atom. The first kappa shape index (κ1) is 14.8. The predicted octanol–water partition coefficient (Wildman–Crippen LogP) is 2.18. The number of nitrogens with one attached hydrogen (secondary N) is 2. The lowest BCUT2D eigenvalue weighted by Gasteiger charge is -2.17. The Labute approximate surface area is 113 Å². The molecule has 1 aromatic carbocycles. The van der Waals surface area contributed by atoms with Gasteiger partial charge in [0.2, 0.25) is 0 Å². The van der Waals surface area contributed by atoms with Crippen LogP contribution in [0.2, 0.25) is 0 Å². The van der Waals surface area contributed by atoms with Crippen molar-refractivity contribution in [3.8, 4) is 0 Å². The van der Waals surface area contributed by atoms with Crippen LogP contribution in [-0.4, -0.2) is 25.0 Å². The first-order valence-electron chi connectivity index (χ1n) is 6.18. The number of carbonyl (C=O) groups excluding carboxylic acids is 1. The van der Waals surface area contributed by atoms with E-state index < -0.39 is 29.0 Å². The highest BCUT2D eigenvalue weighted by Gasteiger charge is 2.36. The Hall–Kier alpha value is -1.63. The number of amides is 1. The molecular formula is C13H14F4N2O. The van der Waals surface area contributed by atoms with Crippen molar-refractivity contribution in [3.05, 3.63) is 35.1 Å². The summed E-state index contributed by atoms with van der Waals surface area (Å²) >= 11 is 0. The first-order valence-corrected chi connectivity index (χ1v) is 6.18. The molecule has 1 amide bonds. The number of hydrogen-bond donors (Lipinski definition) is 2. The van der Waals surface area contributed by atoms with Crippen LogP contribution < -0.4 is 10.6 Å². The summed E-state index contributed by atoms with van der Waals surface area (Å²) in [5, 5.41) is 5.60. The maximum Gasteiger partial charge on any atom is 0.419 e. The number of rotatable bonds is 2. The largest absolute Gasteiger partial charge is 0.419 e. The molecule has 0 aromatic heterocycles. The van der Waals surface area contributed by atoms with Crippen molar-refractivity contribution < 1.29 is 22.4 Å². The number of halogens is 4. The van der Waals surface area contributed by atoms with Gasteiger partial charge in [0.25, 0.3) is 5.91 Å². The standard InChI is InChI=1S/C13H14F4N2O/c1-7-5-18-6-10(7)19-12(20)8-3-2-4-9(11(8)14)13(15,16)17/h2-4,7,10,18H,5-6H2,1H3,(H,19,20). The molecule has 2 unspecified atom stereocenters. The van der Waals surface area contributed by atoms with Gasteiger partial charge in [0.05, 0.1) is 11.1 Å². The van der Waals surface area contributed by atoms with Gasteiger partial charge >= 0.3 is 6.18 Å². The predicted molar refractivity (Wildman–Crippen MR) is 64.7 cm³/mol. The summed E-state index contributed by atoms with van der Waals surface area (Å²) < 4.78 is 51.5. The number of carbonyl (C=O) groups is 1. The van der Waals surface area contributed by atoms with Crippen LogP contribution in [0.4, 0.5) is 17.6 Å². The van der Waals surface area contributed by atoms with Crippen molar-refractivity contribution in [2.24, 2.45) is 5.92 Å². The Morgan fingerprint density at radius 2 is 2.05 bits per heavy atom. The van der Waals surface area contributed by atoms with Crippen LogP contribution in [0.15, 0.2) is 18.2 Å². The van der Waals surface area contributed by atoms with Crippen molar-refractivity contribution in [1.29, 1.82) is 0 Å². The van der Waals surface area contributed by atoms with Gasteiger partial charge in [0.15, 0.2) is 0 Å². The minimum absolute atomic E-state index is 0.146. The van der Waals surface area contributed by atoms with E-state index in [0.29, 0.717) is 19.2 Å². The zero-order chi connectivity index (χ0) is 14.9. The highest BCUT2D eigenvalue weighted by Crippen LogP contribution is 2.32. The van der Waals surface area contributed by atoms with Crippen LogP contribution in [0.1, 0.15) is 22.8 Å². The molecule has 1 heterocycles. The highest BCUT2D eigenvalue weighted by atomic mass is 19.4. The molecule has 2 rings (SSSR count). The summed E-state index contributed by atoms with van der Waals surface area (Å²) in [6, 6.07) is 2.48. The van der Waals surface area contributed by atoms with E-state index in [-0.39, 0.29) is 12.0 Å². The zero-order valence-electron chi connectivity index (χ0n) is 10.7. The third kappa shape index (κ3) is 2.92. The minimum Gasteiger partial charge on any atom is -0.348 e. The van der Waals surface area contributed by atoms with E-state index in [4.69, 9.17) is 0 Å². The van der Waals surface area contributed by atoms with Crippen molar-refractivity contribution in [3.63, 3.8) is 0 Å². The molecule has 0 spiro atoms. The second kappa shape index (κ2) is 5.40. The first-order chi connectivity index (χ1) is 9.30. The number of hydrogen-bond acceptors (Lipinski definition) is 2. The Morgan fingerprint density at radius 1 is 1.35 bits per heavy atom. The summed E-state index contributed by atoms with van der Waals surface area (Å²) in [4.78, 5) is 11.9. The average Bonchev–Trinajstić information content (AvgIpc) is 2.73. The van der Waals surface area contributed by atoms with Gasteiger partial charge in [0, 0.05) is 12.6 Å². The molecule has 3 nitrogen and oxygen atoms in total. The molecule has 0 bridgehead atoms. The fourth-order valence-electron chi connectivity index (χ4n) is 2.18. The maximum absolute atomic E-state index is 13.8. The molecule has 1 aromatic rings. The third-order valence-electron chi connectivity index (χ3n) is 3.38. The average molecular weight is 290 g/mol. The quantitative estimate of drug-likeness (QED) is 0.820. The number of alkyl halides is 3. The van der Waals surface area contributed by atoms with Gasteiger partial charge in [0.1, 0.15) is 5.82 Å². The van der Waals surface area contributed by atoms with Gasteiger partial charge in [-0.05, 0) is 24.6 Å². The lowest BCUT2D eigenvalue weighted by molar-refractivity contribution is -0.140. The smallest absolute Gasteiger partial charge is 0.348 e. The minimum atomic E-state index is -4.82. The monoisotopic (exact) mass is 290 g/mol. The van der Waals surface area contributed by atoms with Crippen molar-refractivity contribution in [1.82, 2.24) is 10.6 Å². The van der Waals surface area contributed by atoms with Gasteiger partial charge < -0.3 is 10.6 Å². The summed E-state index contributed by atoms with van der Waals surface area (Å²) in [6.07, 6.45) is -4.82. The van der Waals surface area contributed by atoms with Gasteiger partial charge in [-0.3, -0.25) is 4.79 Å². The molecule has 1 saturated heterocycles. The van der Waals surface area contributed by atoms with Crippen LogP contribution in [0.25, 0.3) is 0 Å². The molecule has 1 aliphatic heterocycles. The van der Waals surface area contributed by atoms with E-state index in [1.807, 2.05) is 6.92 Å². The van der Waals surface area contributed by atoms with E-state index in [0.717, 1.165) is 12.1 Å². The van der Waals surface area contributed by atoms with E-state index in [2.05, 4.69) is 10.6 Å². The molecule has 110 valence electrons. The number of benzene rings is 1. The second-order valence-corrected chi connectivity index (χ2v) is 4.88. The van der Waals surface area contributed by atoms with Crippen LogP contribution in [0.3, 0.4) is 0 Å². The lowest BCUT2D eigenvalue weighted by Crippen LogP contribution is -2.40. The van der Waals surface area contributed by atoms with E-state index in [9.17, 15) is 22.4 Å². The molecule has 0 radical (unpaired) electrons. The summed E-state index contributed by atoms with van der Waals surface area (Å²) in [5.74, 6) is -2.21. The van der Waals surface area contributed by atoms with Gasteiger partial charge in [-0.25, -0.2) is 4.39 Å². The van der Waals surface area contributed by atoms with E-state index in [1.165, 1.54) is 0 Å². The highest BCUT2D eigenvalue weighted by molar-refractivity contribution is 5.95. The Kier molecular flexibility index (Phi) is 3.99. The zero-order valence-corrected chi connectivity index (χ0v) is 10.7. The molecule has 0 saturated carbocycles. The Bertz CT molecular complexity index is 516. The molecule has 7 heteroatoms. The van der Waals surface area contributed by atoms with Crippen molar-refractivity contribution in [2.75, 3.05) is 13.1 Å². The molecule has 1 aliphatic rings. The molecule has 20 heavy (non-hydrogen) atoms. The normalized spacial score (nSPS) is 22.9. The fourth-order valence-corrected chi connectivity index (χ4v) is 2.18.